The van der Waals surface area contributed by atoms with E-state index < -0.39 is 13.2 Å². The van der Waals surface area contributed by atoms with E-state index in [0.717, 1.165) is 25.7 Å². The van der Waals surface area contributed by atoms with Crippen molar-refractivity contribution < 1.29 is 18.0 Å². The normalized spacial score (nSPS) is 19.2. The molecule has 0 spiro atoms. The second-order valence-electron chi connectivity index (χ2n) is 4.73. The van der Waals surface area contributed by atoms with Crippen LogP contribution in [0.4, 0.5) is 4.39 Å². The molecule has 0 amide bonds. The maximum absolute atomic E-state index is 14.3. The van der Waals surface area contributed by atoms with Gasteiger partial charge >= 0.3 is 7.60 Å². The van der Waals surface area contributed by atoms with Crippen LogP contribution in [0.15, 0.2) is 11.3 Å². The summed E-state index contributed by atoms with van der Waals surface area (Å²) < 4.78 is 36.6. The lowest BCUT2D eigenvalue weighted by molar-refractivity contribution is 0.219. The van der Waals surface area contributed by atoms with Crippen molar-refractivity contribution in [2.75, 3.05) is 13.2 Å². The van der Waals surface area contributed by atoms with Crippen molar-refractivity contribution in [1.82, 2.24) is 5.32 Å². The predicted molar refractivity (Wildman–Crippen MR) is 74.7 cm³/mol. The molecule has 0 unspecified atom stereocenters. The molecule has 1 aliphatic rings. The van der Waals surface area contributed by atoms with E-state index in [1.807, 2.05) is 0 Å². The third kappa shape index (κ3) is 4.90. The van der Waals surface area contributed by atoms with Gasteiger partial charge in [0.05, 0.1) is 18.9 Å². The summed E-state index contributed by atoms with van der Waals surface area (Å²) in [5, 5.41) is 3.11. The van der Waals surface area contributed by atoms with Gasteiger partial charge in [-0.15, -0.1) is 0 Å². The van der Waals surface area contributed by atoms with Crippen LogP contribution < -0.4 is 5.32 Å². The van der Waals surface area contributed by atoms with Crippen molar-refractivity contribution in [3.63, 3.8) is 0 Å². The van der Waals surface area contributed by atoms with E-state index in [2.05, 4.69) is 5.32 Å². The Morgan fingerprint density at radius 2 is 1.74 bits per heavy atom. The van der Waals surface area contributed by atoms with Crippen LogP contribution in [-0.4, -0.2) is 19.3 Å². The van der Waals surface area contributed by atoms with Crippen LogP contribution in [0.5, 0.6) is 0 Å². The smallest absolute Gasteiger partial charge is 0.383 e. The lowest BCUT2D eigenvalue weighted by atomic mass is 9.95. The molecule has 0 bridgehead atoms. The minimum Gasteiger partial charge on any atom is -0.383 e. The number of hydrogen-bond donors (Lipinski definition) is 1. The van der Waals surface area contributed by atoms with Gasteiger partial charge in [-0.05, 0) is 33.6 Å². The van der Waals surface area contributed by atoms with Gasteiger partial charge in [0.1, 0.15) is 0 Å². The first-order valence-electron chi connectivity index (χ1n) is 7.06. The van der Waals surface area contributed by atoms with Crippen molar-refractivity contribution in [3.05, 3.63) is 11.3 Å². The molecular weight excluding hydrogens is 268 g/mol. The summed E-state index contributed by atoms with van der Waals surface area (Å²) >= 11 is 0. The molecule has 112 valence electrons. The molecule has 1 rings (SSSR count). The fourth-order valence-corrected chi connectivity index (χ4v) is 3.76. The molecule has 0 atom stereocenters. The van der Waals surface area contributed by atoms with Crippen LogP contribution in [0.25, 0.3) is 0 Å². The summed E-state index contributed by atoms with van der Waals surface area (Å²) in [5.41, 5.74) is -0.515. The average Bonchev–Trinajstić information content (AvgIpc) is 2.39. The number of hydrogen-bond acceptors (Lipinski definition) is 4. The lowest BCUT2D eigenvalue weighted by Gasteiger charge is -2.25. The van der Waals surface area contributed by atoms with Crippen LogP contribution in [0.3, 0.4) is 0 Å². The van der Waals surface area contributed by atoms with E-state index in [1.165, 1.54) is 6.42 Å². The summed E-state index contributed by atoms with van der Waals surface area (Å²) in [6.07, 6.45) is 5.60. The maximum atomic E-state index is 14.3. The maximum Gasteiger partial charge on any atom is 0.391 e. The van der Waals surface area contributed by atoms with Gasteiger partial charge in [-0.1, -0.05) is 19.3 Å². The Balaban J connectivity index is 2.75. The standard InChI is InChI=1S/C13H25FNO3P/c1-4-17-19(16,18-5-2)13(14)11(3)15-12-9-7-6-8-10-12/h12,15H,4-10H2,1-3H3/b13-11+. The van der Waals surface area contributed by atoms with Crippen molar-refractivity contribution in [2.24, 2.45) is 0 Å². The summed E-state index contributed by atoms with van der Waals surface area (Å²) in [6.45, 7) is 5.24. The number of nitrogens with one attached hydrogen (secondary N) is 1. The van der Waals surface area contributed by atoms with Crippen molar-refractivity contribution >= 4 is 7.60 Å². The minimum absolute atomic E-state index is 0.154. The van der Waals surface area contributed by atoms with E-state index in [-0.39, 0.29) is 25.0 Å². The molecule has 0 aromatic heterocycles. The fraction of sp³-hybridized carbons (Fsp3) is 0.846. The highest BCUT2D eigenvalue weighted by molar-refractivity contribution is 7.58. The molecule has 0 aromatic rings. The van der Waals surface area contributed by atoms with E-state index in [4.69, 9.17) is 9.05 Å². The van der Waals surface area contributed by atoms with Gasteiger partial charge in [0.2, 0.25) is 5.57 Å². The molecule has 1 N–H and O–H groups in total. The number of rotatable bonds is 7. The predicted octanol–water partition coefficient (Wildman–Crippen LogP) is 4.33. The molecule has 0 aliphatic heterocycles. The van der Waals surface area contributed by atoms with Gasteiger partial charge in [-0.2, -0.15) is 4.39 Å². The molecule has 0 aromatic carbocycles. The number of allylic oxidation sites excluding steroid dienone is 1. The molecule has 0 saturated heterocycles. The fourth-order valence-electron chi connectivity index (χ4n) is 2.31. The summed E-state index contributed by atoms with van der Waals surface area (Å²) in [6, 6.07) is 0.260. The van der Waals surface area contributed by atoms with Gasteiger partial charge in [-0.25, -0.2) is 0 Å². The highest BCUT2D eigenvalue weighted by atomic mass is 31.2. The van der Waals surface area contributed by atoms with Crippen LogP contribution >= 0.6 is 7.60 Å². The highest BCUT2D eigenvalue weighted by Gasteiger charge is 2.33. The Morgan fingerprint density at radius 1 is 1.21 bits per heavy atom. The SMILES string of the molecule is CCOP(=O)(OCC)/C(F)=C(\C)NC1CCCCC1. The first-order chi connectivity index (χ1) is 9.03. The van der Waals surface area contributed by atoms with Crippen molar-refractivity contribution in [2.45, 2.75) is 58.9 Å². The Bertz CT molecular complexity index is 344. The minimum atomic E-state index is -3.78. The lowest BCUT2D eigenvalue weighted by Crippen LogP contribution is -2.30. The molecule has 1 aliphatic carbocycles. The molecule has 1 saturated carbocycles. The summed E-state index contributed by atoms with van der Waals surface area (Å²) in [7, 11) is -3.78. The monoisotopic (exact) mass is 293 g/mol. The quantitative estimate of drug-likeness (QED) is 0.710. The summed E-state index contributed by atoms with van der Waals surface area (Å²) in [4.78, 5) is 0. The van der Waals surface area contributed by atoms with Crippen LogP contribution in [0.2, 0.25) is 0 Å². The van der Waals surface area contributed by atoms with Gasteiger partial charge in [0, 0.05) is 6.04 Å². The Labute approximate surface area is 115 Å². The molecular formula is C13H25FNO3P. The zero-order valence-corrected chi connectivity index (χ0v) is 13.0. The third-order valence-electron chi connectivity index (χ3n) is 3.17. The first kappa shape index (κ1) is 16.7. The second kappa shape index (κ2) is 8.03. The van der Waals surface area contributed by atoms with E-state index in [1.54, 1.807) is 20.8 Å². The molecule has 4 nitrogen and oxygen atoms in total. The van der Waals surface area contributed by atoms with Crippen molar-refractivity contribution in [3.8, 4) is 0 Å². The molecule has 19 heavy (non-hydrogen) atoms. The largest absolute Gasteiger partial charge is 0.391 e. The molecule has 0 radical (unpaired) electrons. The zero-order chi connectivity index (χ0) is 14.3. The number of halogens is 1. The second-order valence-corrected chi connectivity index (χ2v) is 6.63. The van der Waals surface area contributed by atoms with Crippen LogP contribution in [0, 0.1) is 0 Å². The van der Waals surface area contributed by atoms with Gasteiger partial charge in [-0.3, -0.25) is 4.57 Å². The van der Waals surface area contributed by atoms with Gasteiger partial charge < -0.3 is 14.4 Å². The van der Waals surface area contributed by atoms with E-state index in [9.17, 15) is 8.96 Å². The van der Waals surface area contributed by atoms with Crippen molar-refractivity contribution in [1.29, 1.82) is 0 Å². The van der Waals surface area contributed by atoms with E-state index >= 15 is 0 Å². The highest BCUT2D eigenvalue weighted by Crippen LogP contribution is 2.57. The Hall–Kier alpha value is -0.380. The topological polar surface area (TPSA) is 47.6 Å². The average molecular weight is 293 g/mol. The van der Waals surface area contributed by atoms with Gasteiger partial charge in [0.25, 0.3) is 0 Å². The first-order valence-corrected chi connectivity index (χ1v) is 8.60. The molecule has 6 heteroatoms. The Kier molecular flexibility index (Phi) is 7.05. The third-order valence-corrected chi connectivity index (χ3v) is 5.19. The van der Waals surface area contributed by atoms with Crippen LogP contribution in [-0.2, 0) is 13.6 Å². The van der Waals surface area contributed by atoms with Gasteiger partial charge in [0.15, 0.2) is 0 Å². The summed E-state index contributed by atoms with van der Waals surface area (Å²) in [5.74, 6) is 0. The zero-order valence-electron chi connectivity index (χ0n) is 12.1. The Morgan fingerprint density at radius 3 is 2.21 bits per heavy atom. The van der Waals surface area contributed by atoms with E-state index in [0.29, 0.717) is 0 Å². The van der Waals surface area contributed by atoms with Crippen LogP contribution in [0.1, 0.15) is 52.9 Å². The molecule has 0 heterocycles. The molecule has 1 fully saturated rings.